The number of rotatable bonds is 6. The van der Waals surface area contributed by atoms with Gasteiger partial charge in [-0.3, -0.25) is 9.29 Å². The minimum atomic E-state index is -3.61. The first-order valence-electron chi connectivity index (χ1n) is 8.38. The largest absolute Gasteiger partial charge is 0.340 e. The van der Waals surface area contributed by atoms with E-state index in [9.17, 15) is 8.42 Å². The first kappa shape index (κ1) is 19.6. The highest BCUT2D eigenvalue weighted by molar-refractivity contribution is 9.11. The molecule has 4 rings (SSSR count). The van der Waals surface area contributed by atoms with Gasteiger partial charge in [0.15, 0.2) is 0 Å². The van der Waals surface area contributed by atoms with Gasteiger partial charge in [0.1, 0.15) is 28.0 Å². The van der Waals surface area contributed by atoms with Gasteiger partial charge in [0.25, 0.3) is 10.0 Å². The Morgan fingerprint density at radius 1 is 1.07 bits per heavy atom. The maximum Gasteiger partial charge on any atom is 0.271 e. The molecule has 3 aromatic heterocycles. The van der Waals surface area contributed by atoms with Crippen molar-refractivity contribution in [2.24, 2.45) is 0 Å². The van der Waals surface area contributed by atoms with E-state index in [-0.39, 0.29) is 4.21 Å². The summed E-state index contributed by atoms with van der Waals surface area (Å²) in [7, 11) is -3.61. The highest BCUT2D eigenvalue weighted by Gasteiger charge is 2.16. The smallest absolute Gasteiger partial charge is 0.271 e. The van der Waals surface area contributed by atoms with Crippen molar-refractivity contribution in [3.63, 3.8) is 0 Å². The third kappa shape index (κ3) is 4.63. The zero-order valence-electron chi connectivity index (χ0n) is 15.1. The predicted octanol–water partition coefficient (Wildman–Crippen LogP) is 4.34. The van der Waals surface area contributed by atoms with Gasteiger partial charge in [0, 0.05) is 29.8 Å². The monoisotopic (exact) mass is 490 g/mol. The van der Waals surface area contributed by atoms with Gasteiger partial charge in [-0.05, 0) is 59.3 Å². The zero-order valence-corrected chi connectivity index (χ0v) is 18.3. The van der Waals surface area contributed by atoms with Crippen LogP contribution in [0.3, 0.4) is 0 Å². The summed E-state index contributed by atoms with van der Waals surface area (Å²) in [6, 6.07) is 12.0. The first-order valence-corrected chi connectivity index (χ1v) is 11.5. The minimum absolute atomic E-state index is 0.245. The molecule has 0 atom stereocenters. The van der Waals surface area contributed by atoms with E-state index in [1.54, 1.807) is 65.8 Å². The van der Waals surface area contributed by atoms with Crippen molar-refractivity contribution < 1.29 is 8.42 Å². The summed E-state index contributed by atoms with van der Waals surface area (Å²) in [5.74, 6) is 1.94. The van der Waals surface area contributed by atoms with Crippen LogP contribution in [0.25, 0.3) is 5.82 Å². The average Bonchev–Trinajstić information content (AvgIpc) is 3.35. The Hall–Kier alpha value is -2.76. The predicted molar refractivity (Wildman–Crippen MR) is 116 cm³/mol. The van der Waals surface area contributed by atoms with Crippen LogP contribution >= 0.6 is 27.3 Å². The van der Waals surface area contributed by atoms with Gasteiger partial charge in [-0.25, -0.2) is 23.4 Å². The second kappa shape index (κ2) is 7.93. The number of imidazole rings is 1. The SMILES string of the molecule is Cc1nc(Nc2ccc(NS(=O)(=O)c3ccc(Br)s3)cc2)cc(-n2ccnc2)n1. The van der Waals surface area contributed by atoms with Gasteiger partial charge in [-0.2, -0.15) is 0 Å². The molecule has 0 saturated carbocycles. The molecule has 0 saturated heterocycles. The minimum Gasteiger partial charge on any atom is -0.340 e. The Balaban J connectivity index is 1.50. The van der Waals surface area contributed by atoms with Crippen molar-refractivity contribution in [2.45, 2.75) is 11.1 Å². The normalized spacial score (nSPS) is 11.4. The lowest BCUT2D eigenvalue weighted by atomic mass is 10.3. The van der Waals surface area contributed by atoms with Crippen LogP contribution in [0.4, 0.5) is 17.2 Å². The molecule has 29 heavy (non-hydrogen) atoms. The van der Waals surface area contributed by atoms with E-state index < -0.39 is 10.0 Å². The number of thiophene rings is 1. The summed E-state index contributed by atoms with van der Waals surface area (Å²) >= 11 is 4.43. The molecular weight excluding hydrogens is 476 g/mol. The molecule has 0 bridgehead atoms. The van der Waals surface area contributed by atoms with E-state index in [0.29, 0.717) is 23.1 Å². The number of halogens is 1. The lowest BCUT2D eigenvalue weighted by Crippen LogP contribution is -2.11. The van der Waals surface area contributed by atoms with Gasteiger partial charge >= 0.3 is 0 Å². The van der Waals surface area contributed by atoms with Gasteiger partial charge in [0.2, 0.25) is 0 Å². The van der Waals surface area contributed by atoms with E-state index >= 15 is 0 Å². The molecule has 0 aliphatic carbocycles. The number of hydrogen-bond acceptors (Lipinski definition) is 7. The number of nitrogens with zero attached hydrogens (tertiary/aromatic N) is 4. The molecule has 2 N–H and O–H groups in total. The van der Waals surface area contributed by atoms with Crippen LogP contribution in [0, 0.1) is 6.92 Å². The number of benzene rings is 1. The van der Waals surface area contributed by atoms with Gasteiger partial charge in [-0.15, -0.1) is 11.3 Å². The zero-order chi connectivity index (χ0) is 20.4. The Labute approximate surface area is 179 Å². The standard InChI is InChI=1S/C18H15BrN6O2S2/c1-12-21-16(10-17(22-12)25-9-8-20-11-25)23-13-2-4-14(5-3-13)24-29(26,27)18-7-6-15(19)28-18/h2-11,24H,1H3,(H,21,22,23). The van der Waals surface area contributed by atoms with E-state index in [4.69, 9.17) is 0 Å². The molecule has 0 amide bonds. The fourth-order valence-corrected chi connectivity index (χ4v) is 5.63. The summed E-state index contributed by atoms with van der Waals surface area (Å²) in [4.78, 5) is 12.8. The summed E-state index contributed by atoms with van der Waals surface area (Å²) in [5.41, 5.74) is 1.24. The number of anilines is 3. The van der Waals surface area contributed by atoms with Crippen LogP contribution < -0.4 is 10.0 Å². The maximum absolute atomic E-state index is 12.4. The molecule has 4 aromatic rings. The van der Waals surface area contributed by atoms with Crippen LogP contribution in [-0.2, 0) is 10.0 Å². The lowest BCUT2D eigenvalue weighted by Gasteiger charge is -2.10. The molecule has 0 fully saturated rings. The Morgan fingerprint density at radius 3 is 2.48 bits per heavy atom. The number of sulfonamides is 1. The molecule has 1 aromatic carbocycles. The number of nitrogens with one attached hydrogen (secondary N) is 2. The summed E-state index contributed by atoms with van der Waals surface area (Å²) in [6.45, 7) is 1.81. The molecule has 148 valence electrons. The average molecular weight is 491 g/mol. The van der Waals surface area contributed by atoms with E-state index in [0.717, 1.165) is 20.8 Å². The topological polar surface area (TPSA) is 102 Å². The van der Waals surface area contributed by atoms with Gasteiger partial charge < -0.3 is 5.32 Å². The molecule has 0 radical (unpaired) electrons. The summed E-state index contributed by atoms with van der Waals surface area (Å²) in [6.07, 6.45) is 5.15. The van der Waals surface area contributed by atoms with E-state index in [1.165, 1.54) is 0 Å². The molecular formula is C18H15BrN6O2S2. The van der Waals surface area contributed by atoms with Crippen molar-refractivity contribution in [3.8, 4) is 5.82 Å². The van der Waals surface area contributed by atoms with Crippen LogP contribution in [-0.4, -0.2) is 27.9 Å². The number of hydrogen-bond donors (Lipinski definition) is 2. The molecule has 0 spiro atoms. The summed E-state index contributed by atoms with van der Waals surface area (Å²) in [5, 5.41) is 3.21. The second-order valence-corrected chi connectivity index (χ2v) is 10.4. The molecule has 8 nitrogen and oxygen atoms in total. The molecule has 3 heterocycles. The third-order valence-electron chi connectivity index (χ3n) is 3.82. The number of aryl methyl sites for hydroxylation is 1. The maximum atomic E-state index is 12.4. The quantitative estimate of drug-likeness (QED) is 0.416. The van der Waals surface area contributed by atoms with Crippen LogP contribution in [0.1, 0.15) is 5.82 Å². The van der Waals surface area contributed by atoms with Crippen LogP contribution in [0.5, 0.6) is 0 Å². The van der Waals surface area contributed by atoms with E-state index in [2.05, 4.69) is 40.9 Å². The molecule has 0 aliphatic rings. The lowest BCUT2D eigenvalue weighted by molar-refractivity contribution is 0.603. The fraction of sp³-hybridized carbons (Fsp3) is 0.0556. The first-order chi connectivity index (χ1) is 13.9. The van der Waals surface area contributed by atoms with Crippen molar-refractivity contribution in [3.05, 3.63) is 70.8 Å². The van der Waals surface area contributed by atoms with E-state index in [1.807, 2.05) is 6.92 Å². The van der Waals surface area contributed by atoms with Crippen molar-refractivity contribution in [2.75, 3.05) is 10.0 Å². The second-order valence-electron chi connectivity index (χ2n) is 5.99. The van der Waals surface area contributed by atoms with Crippen LogP contribution in [0.2, 0.25) is 0 Å². The summed E-state index contributed by atoms with van der Waals surface area (Å²) < 4.78 is 30.2. The van der Waals surface area contributed by atoms with Crippen molar-refractivity contribution in [1.29, 1.82) is 0 Å². The number of aromatic nitrogens is 4. The Bertz CT molecular complexity index is 1240. The van der Waals surface area contributed by atoms with Crippen LogP contribution in [0.15, 0.2) is 69.2 Å². The molecule has 0 unspecified atom stereocenters. The third-order valence-corrected chi connectivity index (χ3v) is 7.31. The highest BCUT2D eigenvalue weighted by atomic mass is 79.9. The fourth-order valence-electron chi connectivity index (χ4n) is 2.56. The molecule has 0 aliphatic heterocycles. The Morgan fingerprint density at radius 2 is 1.83 bits per heavy atom. The van der Waals surface area contributed by atoms with Crippen molar-refractivity contribution >= 4 is 54.5 Å². The Kier molecular flexibility index (Phi) is 5.35. The van der Waals surface area contributed by atoms with Crippen molar-refractivity contribution in [1.82, 2.24) is 19.5 Å². The van der Waals surface area contributed by atoms with Gasteiger partial charge in [-0.1, -0.05) is 0 Å². The van der Waals surface area contributed by atoms with Gasteiger partial charge in [0.05, 0.1) is 3.79 Å². The highest BCUT2D eigenvalue weighted by Crippen LogP contribution is 2.28. The molecule has 11 heteroatoms.